The zero-order valence-electron chi connectivity index (χ0n) is 12.9. The predicted octanol–water partition coefficient (Wildman–Crippen LogP) is 2.65. The molecule has 2 rings (SSSR count). The van der Waals surface area contributed by atoms with Crippen LogP contribution in [-0.4, -0.2) is 25.6 Å². The van der Waals surface area contributed by atoms with Gasteiger partial charge in [0.15, 0.2) is 9.84 Å². The number of rotatable bonds is 4. The van der Waals surface area contributed by atoms with Gasteiger partial charge < -0.3 is 5.32 Å². The second-order valence-electron chi connectivity index (χ2n) is 5.18. The third-order valence-electron chi connectivity index (χ3n) is 3.27. The summed E-state index contributed by atoms with van der Waals surface area (Å²) in [4.78, 5) is 17.4. The number of amides is 1. The predicted molar refractivity (Wildman–Crippen MR) is 87.0 cm³/mol. The van der Waals surface area contributed by atoms with Gasteiger partial charge in [0.1, 0.15) is 4.88 Å². The second-order valence-corrected chi connectivity index (χ2v) is 8.40. The minimum absolute atomic E-state index is 0.164. The lowest BCUT2D eigenvalue weighted by Crippen LogP contribution is -2.26. The van der Waals surface area contributed by atoms with Crippen molar-refractivity contribution < 1.29 is 13.2 Å². The molecule has 0 aliphatic rings. The van der Waals surface area contributed by atoms with Gasteiger partial charge in [0.05, 0.1) is 21.6 Å². The molecule has 22 heavy (non-hydrogen) atoms. The molecule has 1 heterocycles. The minimum Gasteiger partial charge on any atom is -0.345 e. The van der Waals surface area contributed by atoms with E-state index in [9.17, 15) is 13.2 Å². The smallest absolute Gasteiger partial charge is 0.263 e. The van der Waals surface area contributed by atoms with Gasteiger partial charge >= 0.3 is 0 Å². The number of carbonyl (C=O) groups is 1. The molecule has 0 bridgehead atoms. The fourth-order valence-corrected chi connectivity index (χ4v) is 3.54. The maximum Gasteiger partial charge on any atom is 0.263 e. The lowest BCUT2D eigenvalue weighted by Gasteiger charge is -2.14. The van der Waals surface area contributed by atoms with Gasteiger partial charge in [-0.05, 0) is 38.5 Å². The summed E-state index contributed by atoms with van der Waals surface area (Å²) in [6.45, 7) is 5.53. The summed E-state index contributed by atoms with van der Waals surface area (Å²) in [5.41, 5.74) is 1.57. The number of benzene rings is 1. The Labute approximate surface area is 134 Å². The number of nitrogens with zero attached hydrogens (tertiary/aromatic N) is 1. The van der Waals surface area contributed by atoms with Crippen LogP contribution in [0.1, 0.15) is 38.9 Å². The molecule has 1 aromatic heterocycles. The lowest BCUT2D eigenvalue weighted by atomic mass is 10.1. The first-order valence-electron chi connectivity index (χ1n) is 6.73. The highest BCUT2D eigenvalue weighted by Crippen LogP contribution is 2.20. The topological polar surface area (TPSA) is 76.1 Å². The minimum atomic E-state index is -3.21. The van der Waals surface area contributed by atoms with Crippen LogP contribution < -0.4 is 5.32 Å². The number of aromatic nitrogens is 1. The van der Waals surface area contributed by atoms with Gasteiger partial charge in [-0.25, -0.2) is 13.4 Å². The Morgan fingerprint density at radius 2 is 1.82 bits per heavy atom. The highest BCUT2D eigenvalue weighted by molar-refractivity contribution is 7.90. The molecule has 0 saturated carbocycles. The van der Waals surface area contributed by atoms with Crippen molar-refractivity contribution in [2.24, 2.45) is 0 Å². The molecule has 1 aromatic carbocycles. The first kappa shape index (κ1) is 16.6. The van der Waals surface area contributed by atoms with E-state index < -0.39 is 9.84 Å². The molecule has 0 saturated heterocycles. The average molecular weight is 338 g/mol. The maximum atomic E-state index is 12.3. The fraction of sp³-hybridized carbons (Fsp3) is 0.333. The number of aryl methyl sites for hydroxylation is 2. The summed E-state index contributed by atoms with van der Waals surface area (Å²) >= 11 is 1.36. The van der Waals surface area contributed by atoms with Gasteiger partial charge in [-0.15, -0.1) is 11.3 Å². The quantitative estimate of drug-likeness (QED) is 0.930. The highest BCUT2D eigenvalue weighted by atomic mass is 32.2. The van der Waals surface area contributed by atoms with Crippen LogP contribution in [0.2, 0.25) is 0 Å². The van der Waals surface area contributed by atoms with Crippen LogP contribution in [0.15, 0.2) is 29.2 Å². The van der Waals surface area contributed by atoms with Gasteiger partial charge in [0, 0.05) is 6.26 Å². The Hall–Kier alpha value is -1.73. The summed E-state index contributed by atoms with van der Waals surface area (Å²) in [7, 11) is -3.21. The molecule has 2 aromatic rings. The molecule has 0 aliphatic carbocycles. The molecule has 0 aliphatic heterocycles. The molecule has 1 atom stereocenters. The molecule has 118 valence electrons. The molecular formula is C15H18N2O3S2. The number of hydrogen-bond donors (Lipinski definition) is 1. The first-order chi connectivity index (χ1) is 10.2. The van der Waals surface area contributed by atoms with E-state index in [0.29, 0.717) is 4.88 Å². The van der Waals surface area contributed by atoms with E-state index in [1.165, 1.54) is 17.6 Å². The Bertz CT molecular complexity index is 793. The highest BCUT2D eigenvalue weighted by Gasteiger charge is 2.17. The Kier molecular flexibility index (Phi) is 4.67. The third-order valence-corrected chi connectivity index (χ3v) is 5.47. The number of sulfone groups is 1. The van der Waals surface area contributed by atoms with Crippen molar-refractivity contribution in [3.8, 4) is 0 Å². The standard InChI is InChI=1S/C15H18N2O3S2/c1-9(12-5-7-13(8-6-12)22(4,19)20)17-15(18)14-10(2)16-11(3)21-14/h5-9H,1-4H3,(H,17,18). The molecular weight excluding hydrogens is 320 g/mol. The second kappa shape index (κ2) is 6.18. The summed E-state index contributed by atoms with van der Waals surface area (Å²) in [5, 5.41) is 3.76. The normalized spacial score (nSPS) is 12.9. The number of nitrogens with one attached hydrogen (secondary N) is 1. The Morgan fingerprint density at radius 3 is 2.27 bits per heavy atom. The lowest BCUT2D eigenvalue weighted by molar-refractivity contribution is 0.0943. The van der Waals surface area contributed by atoms with Crippen LogP contribution in [0.3, 0.4) is 0 Å². The van der Waals surface area contributed by atoms with Crippen molar-refractivity contribution in [2.45, 2.75) is 31.7 Å². The SMILES string of the molecule is Cc1nc(C)c(C(=O)NC(C)c2ccc(S(C)(=O)=O)cc2)s1. The van der Waals surface area contributed by atoms with Crippen LogP contribution in [0, 0.1) is 13.8 Å². The summed E-state index contributed by atoms with van der Waals surface area (Å²) in [5.74, 6) is -0.164. The van der Waals surface area contributed by atoms with Crippen molar-refractivity contribution in [1.29, 1.82) is 0 Å². The summed E-state index contributed by atoms with van der Waals surface area (Å²) in [6, 6.07) is 6.31. The monoisotopic (exact) mass is 338 g/mol. The number of thiazole rings is 1. The van der Waals surface area contributed by atoms with E-state index in [1.54, 1.807) is 24.3 Å². The average Bonchev–Trinajstić information content (AvgIpc) is 2.77. The van der Waals surface area contributed by atoms with Crippen LogP contribution in [0.25, 0.3) is 0 Å². The van der Waals surface area contributed by atoms with Gasteiger partial charge in [0.25, 0.3) is 5.91 Å². The number of carbonyl (C=O) groups excluding carboxylic acids is 1. The van der Waals surface area contributed by atoms with E-state index in [4.69, 9.17) is 0 Å². The zero-order chi connectivity index (χ0) is 16.5. The molecule has 5 nitrogen and oxygen atoms in total. The molecule has 0 spiro atoms. The molecule has 0 fully saturated rings. The van der Waals surface area contributed by atoms with E-state index in [0.717, 1.165) is 16.3 Å². The van der Waals surface area contributed by atoms with Crippen molar-refractivity contribution in [2.75, 3.05) is 6.26 Å². The molecule has 1 unspecified atom stereocenters. The number of hydrogen-bond acceptors (Lipinski definition) is 5. The van der Waals surface area contributed by atoms with Crippen molar-refractivity contribution in [3.05, 3.63) is 45.4 Å². The van der Waals surface area contributed by atoms with Crippen LogP contribution in [0.4, 0.5) is 0 Å². The van der Waals surface area contributed by atoms with Crippen molar-refractivity contribution in [3.63, 3.8) is 0 Å². The molecule has 1 amide bonds. The fourth-order valence-electron chi connectivity index (χ4n) is 2.09. The van der Waals surface area contributed by atoms with Gasteiger partial charge in [-0.2, -0.15) is 0 Å². The van der Waals surface area contributed by atoms with E-state index in [2.05, 4.69) is 10.3 Å². The van der Waals surface area contributed by atoms with Crippen LogP contribution in [0.5, 0.6) is 0 Å². The third kappa shape index (κ3) is 3.72. The Morgan fingerprint density at radius 1 is 1.23 bits per heavy atom. The largest absolute Gasteiger partial charge is 0.345 e. The van der Waals surface area contributed by atoms with Crippen LogP contribution in [-0.2, 0) is 9.84 Å². The Balaban J connectivity index is 2.14. The van der Waals surface area contributed by atoms with Gasteiger partial charge in [0.2, 0.25) is 0 Å². The van der Waals surface area contributed by atoms with Crippen LogP contribution >= 0.6 is 11.3 Å². The first-order valence-corrected chi connectivity index (χ1v) is 9.44. The molecule has 1 N–H and O–H groups in total. The molecule has 0 radical (unpaired) electrons. The summed E-state index contributed by atoms with van der Waals surface area (Å²) < 4.78 is 22.9. The van der Waals surface area contributed by atoms with E-state index in [1.807, 2.05) is 20.8 Å². The summed E-state index contributed by atoms with van der Waals surface area (Å²) in [6.07, 6.45) is 1.17. The zero-order valence-corrected chi connectivity index (χ0v) is 14.5. The maximum absolute atomic E-state index is 12.3. The van der Waals surface area contributed by atoms with E-state index >= 15 is 0 Å². The van der Waals surface area contributed by atoms with Crippen molar-refractivity contribution >= 4 is 27.1 Å². The van der Waals surface area contributed by atoms with E-state index in [-0.39, 0.29) is 16.8 Å². The van der Waals surface area contributed by atoms with Gasteiger partial charge in [-0.3, -0.25) is 4.79 Å². The van der Waals surface area contributed by atoms with Gasteiger partial charge in [-0.1, -0.05) is 12.1 Å². The van der Waals surface area contributed by atoms with Crippen molar-refractivity contribution in [1.82, 2.24) is 10.3 Å². The molecule has 7 heteroatoms.